The molecular formula is C29H46N2O2. The zero-order valence-electron chi connectivity index (χ0n) is 21.4. The van der Waals surface area contributed by atoms with Crippen LogP contribution in [0.2, 0.25) is 0 Å². The summed E-state index contributed by atoms with van der Waals surface area (Å²) in [6.45, 7) is 7.39. The molecule has 1 aromatic carbocycles. The Bertz CT molecular complexity index is 715. The summed E-state index contributed by atoms with van der Waals surface area (Å²) in [6, 6.07) is 8.07. The van der Waals surface area contributed by atoms with E-state index in [1.807, 2.05) is 24.3 Å². The van der Waals surface area contributed by atoms with Crippen molar-refractivity contribution in [2.75, 3.05) is 6.61 Å². The van der Waals surface area contributed by atoms with E-state index >= 15 is 0 Å². The molecule has 4 heteroatoms. The molecule has 0 N–H and O–H groups in total. The number of aromatic nitrogens is 2. The van der Waals surface area contributed by atoms with E-state index < -0.39 is 0 Å². The lowest BCUT2D eigenvalue weighted by Gasteiger charge is -2.14. The maximum atomic E-state index is 6.04. The Morgan fingerprint density at radius 3 is 1.82 bits per heavy atom. The summed E-state index contributed by atoms with van der Waals surface area (Å²) in [4.78, 5) is 8.97. The molecule has 0 bridgehead atoms. The largest absolute Gasteiger partial charge is 0.491 e. The topological polar surface area (TPSA) is 44.2 Å². The quantitative estimate of drug-likeness (QED) is 0.199. The molecule has 0 saturated heterocycles. The van der Waals surface area contributed by atoms with Gasteiger partial charge in [-0.1, -0.05) is 84.5 Å². The third-order valence-electron chi connectivity index (χ3n) is 6.06. The Morgan fingerprint density at radius 1 is 0.667 bits per heavy atom. The predicted molar refractivity (Wildman–Crippen MR) is 139 cm³/mol. The molecule has 0 amide bonds. The monoisotopic (exact) mass is 454 g/mol. The maximum absolute atomic E-state index is 6.04. The zero-order chi connectivity index (χ0) is 23.6. The second-order valence-corrected chi connectivity index (χ2v) is 9.22. The minimum atomic E-state index is 0.242. The Kier molecular flexibility index (Phi) is 14.3. The van der Waals surface area contributed by atoms with Crippen LogP contribution in [-0.2, 0) is 0 Å². The molecule has 0 fully saturated rings. The highest BCUT2D eigenvalue weighted by Gasteiger charge is 2.06. The molecule has 2 rings (SSSR count). The van der Waals surface area contributed by atoms with Crippen molar-refractivity contribution in [1.82, 2.24) is 9.97 Å². The first-order valence-electron chi connectivity index (χ1n) is 13.4. The van der Waals surface area contributed by atoms with Gasteiger partial charge in [0, 0.05) is 5.56 Å². The van der Waals surface area contributed by atoms with Gasteiger partial charge in [0.05, 0.1) is 25.1 Å². The Balaban J connectivity index is 1.63. The summed E-state index contributed by atoms with van der Waals surface area (Å²) in [6.07, 6.45) is 21.8. The highest BCUT2D eigenvalue weighted by Crippen LogP contribution is 2.22. The normalized spacial score (nSPS) is 12.0. The van der Waals surface area contributed by atoms with E-state index in [1.54, 1.807) is 12.4 Å². The van der Waals surface area contributed by atoms with E-state index in [-0.39, 0.29) is 6.10 Å². The first-order valence-corrected chi connectivity index (χ1v) is 13.4. The molecule has 2 aromatic rings. The number of unbranched alkanes of at least 4 members (excludes halogenated alkanes) is 11. The van der Waals surface area contributed by atoms with Crippen LogP contribution in [0.15, 0.2) is 36.7 Å². The van der Waals surface area contributed by atoms with Crippen LogP contribution in [0.4, 0.5) is 0 Å². The lowest BCUT2D eigenvalue weighted by molar-refractivity contribution is 0.206. The second-order valence-electron chi connectivity index (χ2n) is 9.22. The average Bonchev–Trinajstić information content (AvgIpc) is 2.84. The highest BCUT2D eigenvalue weighted by atomic mass is 16.5. The summed E-state index contributed by atoms with van der Waals surface area (Å²) >= 11 is 0. The van der Waals surface area contributed by atoms with E-state index in [0.29, 0.717) is 5.82 Å². The summed E-state index contributed by atoms with van der Waals surface area (Å²) in [5.74, 6) is 2.36. The van der Waals surface area contributed by atoms with E-state index in [4.69, 9.17) is 9.47 Å². The molecular weight excluding hydrogens is 408 g/mol. The molecule has 0 aliphatic carbocycles. The van der Waals surface area contributed by atoms with Gasteiger partial charge in [-0.3, -0.25) is 0 Å². The fourth-order valence-corrected chi connectivity index (χ4v) is 3.97. The van der Waals surface area contributed by atoms with E-state index in [1.165, 1.54) is 77.0 Å². The van der Waals surface area contributed by atoms with Gasteiger partial charge >= 0.3 is 0 Å². The smallest absolute Gasteiger partial charge is 0.159 e. The minimum absolute atomic E-state index is 0.242. The van der Waals surface area contributed by atoms with Gasteiger partial charge in [-0.25, -0.2) is 9.97 Å². The molecule has 0 saturated carbocycles. The summed E-state index contributed by atoms with van der Waals surface area (Å²) < 4.78 is 11.9. The summed E-state index contributed by atoms with van der Waals surface area (Å²) in [7, 11) is 0. The van der Waals surface area contributed by atoms with Crippen molar-refractivity contribution in [2.45, 2.75) is 117 Å². The molecule has 0 unspecified atom stereocenters. The first-order chi connectivity index (χ1) is 16.2. The van der Waals surface area contributed by atoms with Crippen molar-refractivity contribution in [3.05, 3.63) is 36.7 Å². The van der Waals surface area contributed by atoms with Crippen LogP contribution in [0.5, 0.6) is 11.5 Å². The van der Waals surface area contributed by atoms with Gasteiger partial charge < -0.3 is 9.47 Å². The number of hydrogen-bond acceptors (Lipinski definition) is 4. The minimum Gasteiger partial charge on any atom is -0.491 e. The zero-order valence-corrected chi connectivity index (χ0v) is 21.4. The Labute approximate surface area is 202 Å². The molecule has 1 atom stereocenters. The number of ether oxygens (including phenoxy) is 2. The predicted octanol–water partition coefficient (Wildman–Crippen LogP) is 8.79. The second kappa shape index (κ2) is 17.4. The van der Waals surface area contributed by atoms with Gasteiger partial charge in [-0.15, -0.1) is 0 Å². The average molecular weight is 455 g/mol. The van der Waals surface area contributed by atoms with Crippen molar-refractivity contribution < 1.29 is 9.47 Å². The van der Waals surface area contributed by atoms with Crippen molar-refractivity contribution in [2.24, 2.45) is 0 Å². The Hall–Kier alpha value is -2.10. The SMILES string of the molecule is CCCCCCCCCCCOc1cnc(-c2ccc(O[C@@H](C)CCCCCC)cc2)nc1. The molecule has 0 spiro atoms. The van der Waals surface area contributed by atoms with Gasteiger partial charge in [0.25, 0.3) is 0 Å². The van der Waals surface area contributed by atoms with Crippen LogP contribution in [0.25, 0.3) is 11.4 Å². The van der Waals surface area contributed by atoms with Gasteiger partial charge in [-0.2, -0.15) is 0 Å². The van der Waals surface area contributed by atoms with Gasteiger partial charge in [0.2, 0.25) is 0 Å². The maximum Gasteiger partial charge on any atom is 0.159 e. The fourth-order valence-electron chi connectivity index (χ4n) is 3.97. The summed E-state index contributed by atoms with van der Waals surface area (Å²) in [5.41, 5.74) is 0.989. The first kappa shape index (κ1) is 27.1. The van der Waals surface area contributed by atoms with Gasteiger partial charge in [0.15, 0.2) is 11.6 Å². The molecule has 4 nitrogen and oxygen atoms in total. The van der Waals surface area contributed by atoms with Crippen molar-refractivity contribution in [3.8, 4) is 22.9 Å². The lowest BCUT2D eigenvalue weighted by atomic mass is 10.1. The summed E-state index contributed by atoms with van der Waals surface area (Å²) in [5, 5.41) is 0. The van der Waals surface area contributed by atoms with Crippen LogP contribution in [0, 0.1) is 0 Å². The van der Waals surface area contributed by atoms with E-state index in [0.717, 1.165) is 36.5 Å². The molecule has 0 aliphatic rings. The molecule has 184 valence electrons. The molecule has 33 heavy (non-hydrogen) atoms. The fraction of sp³-hybridized carbons (Fsp3) is 0.655. The number of nitrogens with zero attached hydrogens (tertiary/aromatic N) is 2. The third-order valence-corrected chi connectivity index (χ3v) is 6.06. The lowest BCUT2D eigenvalue weighted by Crippen LogP contribution is -2.11. The van der Waals surface area contributed by atoms with Crippen LogP contribution in [-0.4, -0.2) is 22.7 Å². The molecule has 0 aliphatic heterocycles. The van der Waals surface area contributed by atoms with Crippen molar-refractivity contribution in [1.29, 1.82) is 0 Å². The molecule has 0 radical (unpaired) electrons. The third kappa shape index (κ3) is 12.1. The molecule has 1 aromatic heterocycles. The molecule has 1 heterocycles. The van der Waals surface area contributed by atoms with E-state index in [9.17, 15) is 0 Å². The highest BCUT2D eigenvalue weighted by molar-refractivity contribution is 5.56. The van der Waals surface area contributed by atoms with Crippen molar-refractivity contribution in [3.63, 3.8) is 0 Å². The van der Waals surface area contributed by atoms with Gasteiger partial charge in [0.1, 0.15) is 5.75 Å². The van der Waals surface area contributed by atoms with Gasteiger partial charge in [-0.05, 0) is 50.5 Å². The van der Waals surface area contributed by atoms with Crippen LogP contribution < -0.4 is 9.47 Å². The van der Waals surface area contributed by atoms with Crippen molar-refractivity contribution >= 4 is 0 Å². The van der Waals surface area contributed by atoms with Crippen LogP contribution in [0.1, 0.15) is 111 Å². The number of benzene rings is 1. The standard InChI is InChI=1S/C29H46N2O2/c1-4-6-8-10-11-12-13-14-16-22-32-28-23-30-29(31-24-28)26-18-20-27(21-19-26)33-25(3)17-15-9-7-5-2/h18-21,23-25H,4-17,22H2,1-3H3/t25-/m0/s1. The van der Waals surface area contributed by atoms with E-state index in [2.05, 4.69) is 30.7 Å². The van der Waals surface area contributed by atoms with Crippen LogP contribution in [0.3, 0.4) is 0 Å². The Morgan fingerprint density at radius 2 is 1.21 bits per heavy atom. The van der Waals surface area contributed by atoms with Crippen LogP contribution >= 0.6 is 0 Å². The number of rotatable bonds is 19. The number of hydrogen-bond donors (Lipinski definition) is 0.